The average molecular weight is 471 g/mol. The van der Waals surface area contributed by atoms with E-state index in [9.17, 15) is 28.6 Å². The largest absolute Gasteiger partial charge is 0.360 e. The third-order valence-electron chi connectivity index (χ3n) is 5.11. The van der Waals surface area contributed by atoms with E-state index in [-0.39, 0.29) is 18.8 Å². The molecule has 0 atom stereocenters. The van der Waals surface area contributed by atoms with Crippen LogP contribution in [0.3, 0.4) is 0 Å². The Morgan fingerprint density at radius 2 is 1.15 bits per heavy atom. The molecule has 0 aliphatic rings. The van der Waals surface area contributed by atoms with Gasteiger partial charge in [-0.25, -0.2) is 13.6 Å². The SMILES string of the molecule is NS(=O)(=O)c1cc([N+](=O)[O-])c(N(CCc2ccccc2)CCc2ccccc2)c([N+](=O)[O-])c1. The number of rotatable bonds is 10. The zero-order valence-electron chi connectivity index (χ0n) is 17.5. The van der Waals surface area contributed by atoms with E-state index in [0.717, 1.165) is 23.3 Å². The van der Waals surface area contributed by atoms with E-state index in [4.69, 9.17) is 5.14 Å². The van der Waals surface area contributed by atoms with Crippen LogP contribution in [0.1, 0.15) is 11.1 Å². The van der Waals surface area contributed by atoms with E-state index < -0.39 is 36.1 Å². The topological polar surface area (TPSA) is 150 Å². The zero-order chi connectivity index (χ0) is 24.0. The summed E-state index contributed by atoms with van der Waals surface area (Å²) in [6.07, 6.45) is 0.946. The molecule has 2 N–H and O–H groups in total. The van der Waals surface area contributed by atoms with Crippen LogP contribution in [0.2, 0.25) is 0 Å². The Bertz CT molecular complexity index is 1170. The Kier molecular flexibility index (Phi) is 7.36. The number of nitro benzene ring substituents is 2. The van der Waals surface area contributed by atoms with Crippen LogP contribution in [0.25, 0.3) is 0 Å². The standard InChI is InChI=1S/C22H22N4O6S/c23-33(31,32)19-15-20(25(27)28)22(21(16-19)26(29)30)24(13-11-17-7-3-1-4-8-17)14-12-18-9-5-2-6-10-18/h1-10,15-16H,11-14H2,(H2,23,31,32). The third kappa shape index (κ3) is 6.11. The first kappa shape index (κ1) is 23.8. The molecule has 0 aliphatic carbocycles. The second-order valence-electron chi connectivity index (χ2n) is 7.33. The van der Waals surface area contributed by atoms with Crippen LogP contribution in [0, 0.1) is 20.2 Å². The molecule has 11 heteroatoms. The summed E-state index contributed by atoms with van der Waals surface area (Å²) < 4.78 is 23.6. The molecule has 0 saturated heterocycles. The van der Waals surface area contributed by atoms with Gasteiger partial charge in [0.2, 0.25) is 10.0 Å². The van der Waals surface area contributed by atoms with Crippen molar-refractivity contribution in [3.63, 3.8) is 0 Å². The lowest BCUT2D eigenvalue weighted by atomic mass is 10.1. The highest BCUT2D eigenvalue weighted by Crippen LogP contribution is 2.40. The molecule has 0 aromatic heterocycles. The Labute approximate surface area is 190 Å². The summed E-state index contributed by atoms with van der Waals surface area (Å²) in [5, 5.41) is 28.8. The van der Waals surface area contributed by atoms with E-state index in [2.05, 4.69) is 0 Å². The first-order chi connectivity index (χ1) is 15.7. The molecule has 0 unspecified atom stereocenters. The van der Waals surface area contributed by atoms with Gasteiger partial charge in [-0.3, -0.25) is 20.2 Å². The number of anilines is 1. The van der Waals surface area contributed by atoms with Gasteiger partial charge < -0.3 is 4.90 Å². The zero-order valence-corrected chi connectivity index (χ0v) is 18.3. The summed E-state index contributed by atoms with van der Waals surface area (Å²) in [7, 11) is -4.40. The first-order valence-electron chi connectivity index (χ1n) is 9.99. The highest BCUT2D eigenvalue weighted by atomic mass is 32.2. The smallest absolute Gasteiger partial charge is 0.301 e. The van der Waals surface area contributed by atoms with Gasteiger partial charge in [0.05, 0.1) is 14.7 Å². The van der Waals surface area contributed by atoms with Crippen molar-refractivity contribution in [1.29, 1.82) is 0 Å². The Morgan fingerprint density at radius 3 is 1.48 bits per heavy atom. The molecule has 0 amide bonds. The van der Waals surface area contributed by atoms with Crippen molar-refractivity contribution in [3.05, 3.63) is 104 Å². The van der Waals surface area contributed by atoms with E-state index in [1.807, 2.05) is 60.7 Å². The second-order valence-corrected chi connectivity index (χ2v) is 8.89. The number of hydrogen-bond acceptors (Lipinski definition) is 7. The van der Waals surface area contributed by atoms with E-state index in [1.54, 1.807) is 4.90 Å². The predicted octanol–water partition coefficient (Wildman–Crippen LogP) is 3.44. The summed E-state index contributed by atoms with van der Waals surface area (Å²) in [4.78, 5) is 22.9. The summed E-state index contributed by atoms with van der Waals surface area (Å²) >= 11 is 0. The molecule has 0 radical (unpaired) electrons. The number of hydrogen-bond donors (Lipinski definition) is 1. The number of sulfonamides is 1. The van der Waals surface area contributed by atoms with Crippen LogP contribution in [-0.4, -0.2) is 31.4 Å². The Balaban J connectivity index is 2.09. The van der Waals surface area contributed by atoms with Crippen LogP contribution in [0.15, 0.2) is 77.7 Å². The van der Waals surface area contributed by atoms with E-state index in [1.165, 1.54) is 0 Å². The average Bonchev–Trinajstić information content (AvgIpc) is 2.79. The number of benzene rings is 3. The van der Waals surface area contributed by atoms with Gasteiger partial charge in [-0.15, -0.1) is 0 Å². The summed E-state index contributed by atoms with van der Waals surface area (Å²) in [6.45, 7) is 0.487. The molecular formula is C22H22N4O6S. The molecule has 0 heterocycles. The lowest BCUT2D eigenvalue weighted by molar-refractivity contribution is -0.393. The molecule has 0 fully saturated rings. The van der Waals surface area contributed by atoms with Gasteiger partial charge in [0.1, 0.15) is 0 Å². The van der Waals surface area contributed by atoms with Crippen LogP contribution in [0.4, 0.5) is 17.1 Å². The van der Waals surface area contributed by atoms with Gasteiger partial charge >= 0.3 is 11.4 Å². The van der Waals surface area contributed by atoms with Crippen LogP contribution in [0.5, 0.6) is 0 Å². The van der Waals surface area contributed by atoms with Crippen molar-refractivity contribution in [2.45, 2.75) is 17.7 Å². The fraction of sp³-hybridized carbons (Fsp3) is 0.182. The minimum atomic E-state index is -4.40. The molecule has 0 spiro atoms. The monoisotopic (exact) mass is 470 g/mol. The molecule has 10 nitrogen and oxygen atoms in total. The normalized spacial score (nSPS) is 11.2. The highest BCUT2D eigenvalue weighted by molar-refractivity contribution is 7.89. The Morgan fingerprint density at radius 1 is 0.758 bits per heavy atom. The molecule has 172 valence electrons. The summed E-state index contributed by atoms with van der Waals surface area (Å²) in [5.41, 5.74) is 0.287. The summed E-state index contributed by atoms with van der Waals surface area (Å²) in [5.74, 6) is 0. The number of nitrogens with zero attached hydrogens (tertiary/aromatic N) is 3. The maximum Gasteiger partial charge on any atom is 0.301 e. The lowest BCUT2D eigenvalue weighted by Gasteiger charge is -2.25. The molecule has 33 heavy (non-hydrogen) atoms. The molecule has 0 aliphatic heterocycles. The van der Waals surface area contributed by atoms with Gasteiger partial charge in [-0.1, -0.05) is 60.7 Å². The highest BCUT2D eigenvalue weighted by Gasteiger charge is 2.33. The van der Waals surface area contributed by atoms with Crippen molar-refractivity contribution in [2.24, 2.45) is 5.14 Å². The van der Waals surface area contributed by atoms with Crippen molar-refractivity contribution in [2.75, 3.05) is 18.0 Å². The van der Waals surface area contributed by atoms with Crippen LogP contribution >= 0.6 is 0 Å². The quantitative estimate of drug-likeness (QED) is 0.352. The maximum absolute atomic E-state index is 11.8. The molecule has 3 rings (SSSR count). The van der Waals surface area contributed by atoms with Crippen LogP contribution in [-0.2, 0) is 22.9 Å². The van der Waals surface area contributed by atoms with Crippen molar-refractivity contribution in [3.8, 4) is 0 Å². The number of nitrogens with two attached hydrogens (primary N) is 1. The molecule has 3 aromatic rings. The minimum absolute atomic E-state index is 0.243. The second kappa shape index (κ2) is 10.2. The lowest BCUT2D eigenvalue weighted by Crippen LogP contribution is -2.30. The molecular weight excluding hydrogens is 448 g/mol. The first-order valence-corrected chi connectivity index (χ1v) is 11.5. The van der Waals surface area contributed by atoms with Crippen LogP contribution < -0.4 is 10.0 Å². The van der Waals surface area contributed by atoms with Gasteiger partial charge in [-0.2, -0.15) is 0 Å². The van der Waals surface area contributed by atoms with Crippen molar-refractivity contribution >= 4 is 27.1 Å². The van der Waals surface area contributed by atoms with Gasteiger partial charge in [0.25, 0.3) is 0 Å². The fourth-order valence-corrected chi connectivity index (χ4v) is 4.05. The van der Waals surface area contributed by atoms with E-state index in [0.29, 0.717) is 12.8 Å². The molecule has 0 bridgehead atoms. The summed E-state index contributed by atoms with van der Waals surface area (Å²) in [6, 6.07) is 20.3. The van der Waals surface area contributed by atoms with Gasteiger partial charge in [0.15, 0.2) is 5.69 Å². The van der Waals surface area contributed by atoms with Crippen molar-refractivity contribution < 1.29 is 18.3 Å². The van der Waals surface area contributed by atoms with E-state index >= 15 is 0 Å². The fourth-order valence-electron chi connectivity index (χ4n) is 3.50. The maximum atomic E-state index is 11.8. The predicted molar refractivity (Wildman–Crippen MR) is 124 cm³/mol. The number of nitro groups is 2. The molecule has 3 aromatic carbocycles. The molecule has 0 saturated carbocycles. The van der Waals surface area contributed by atoms with Gasteiger partial charge in [-0.05, 0) is 24.0 Å². The van der Waals surface area contributed by atoms with Crippen molar-refractivity contribution in [1.82, 2.24) is 0 Å². The third-order valence-corrected chi connectivity index (χ3v) is 6.00. The Hall–Kier alpha value is -3.83. The minimum Gasteiger partial charge on any atom is -0.360 e. The number of primary sulfonamides is 1. The van der Waals surface area contributed by atoms with Gasteiger partial charge in [0, 0.05) is 25.2 Å².